The number of nitrogens with two attached hydrogens (primary N) is 1. The number of ether oxygens (including phenoxy) is 1. The summed E-state index contributed by atoms with van der Waals surface area (Å²) in [5.74, 6) is 1.02. The SMILES string of the molecule is NCC(NCCCCCO)c1ccc2c(c1)CCO2. The lowest BCUT2D eigenvalue weighted by atomic mass is 10.0. The van der Waals surface area contributed by atoms with Gasteiger partial charge in [-0.05, 0) is 43.0 Å². The Morgan fingerprint density at radius 2 is 2.21 bits per heavy atom. The first-order chi connectivity index (χ1) is 9.35. The van der Waals surface area contributed by atoms with Crippen LogP contribution in [0, 0.1) is 0 Å². The van der Waals surface area contributed by atoms with Gasteiger partial charge in [0.05, 0.1) is 6.61 Å². The molecule has 0 fully saturated rings. The minimum Gasteiger partial charge on any atom is -0.493 e. The molecular weight excluding hydrogens is 240 g/mol. The second kappa shape index (κ2) is 7.48. The molecule has 0 saturated heterocycles. The fraction of sp³-hybridized carbons (Fsp3) is 0.600. The highest BCUT2D eigenvalue weighted by molar-refractivity contribution is 5.40. The van der Waals surface area contributed by atoms with E-state index in [2.05, 4.69) is 17.4 Å². The lowest BCUT2D eigenvalue weighted by Gasteiger charge is -2.18. The standard InChI is InChI=1S/C15H24N2O2/c16-11-14(17-7-2-1-3-8-18)12-4-5-15-13(10-12)6-9-19-15/h4-5,10,14,17-18H,1-3,6-9,11,16H2. The summed E-state index contributed by atoms with van der Waals surface area (Å²) in [6.45, 7) is 2.61. The van der Waals surface area contributed by atoms with Gasteiger partial charge in [0.15, 0.2) is 0 Å². The fourth-order valence-corrected chi connectivity index (χ4v) is 2.45. The summed E-state index contributed by atoms with van der Waals surface area (Å²) in [6.07, 6.45) is 4.01. The highest BCUT2D eigenvalue weighted by Gasteiger charge is 2.15. The molecule has 2 rings (SSSR count). The van der Waals surface area contributed by atoms with E-state index in [1.165, 1.54) is 11.1 Å². The quantitative estimate of drug-likeness (QED) is 0.620. The molecule has 4 nitrogen and oxygen atoms in total. The van der Waals surface area contributed by atoms with E-state index in [9.17, 15) is 0 Å². The van der Waals surface area contributed by atoms with Crippen LogP contribution in [0.3, 0.4) is 0 Å². The monoisotopic (exact) mass is 264 g/mol. The van der Waals surface area contributed by atoms with Crippen molar-refractivity contribution >= 4 is 0 Å². The van der Waals surface area contributed by atoms with Crippen LogP contribution in [0.2, 0.25) is 0 Å². The van der Waals surface area contributed by atoms with Gasteiger partial charge in [0.25, 0.3) is 0 Å². The Bertz CT molecular complexity index is 396. The molecule has 0 spiro atoms. The van der Waals surface area contributed by atoms with Crippen molar-refractivity contribution in [2.75, 3.05) is 26.3 Å². The second-order valence-corrected chi connectivity index (χ2v) is 4.99. The van der Waals surface area contributed by atoms with Gasteiger partial charge in [0.2, 0.25) is 0 Å². The van der Waals surface area contributed by atoms with Gasteiger partial charge in [-0.1, -0.05) is 12.1 Å². The third kappa shape index (κ3) is 3.93. The van der Waals surface area contributed by atoms with E-state index in [0.29, 0.717) is 6.54 Å². The lowest BCUT2D eigenvalue weighted by molar-refractivity contribution is 0.282. The largest absolute Gasteiger partial charge is 0.493 e. The van der Waals surface area contributed by atoms with Crippen molar-refractivity contribution in [1.82, 2.24) is 5.32 Å². The number of aliphatic hydroxyl groups excluding tert-OH is 1. The summed E-state index contributed by atoms with van der Waals surface area (Å²) < 4.78 is 5.52. The van der Waals surface area contributed by atoms with Gasteiger partial charge < -0.3 is 20.9 Å². The number of unbranched alkanes of at least 4 members (excludes halogenated alkanes) is 2. The average molecular weight is 264 g/mol. The molecule has 0 radical (unpaired) electrons. The number of benzene rings is 1. The van der Waals surface area contributed by atoms with Crippen molar-refractivity contribution in [3.05, 3.63) is 29.3 Å². The van der Waals surface area contributed by atoms with Gasteiger partial charge in [-0.25, -0.2) is 0 Å². The maximum atomic E-state index is 8.74. The van der Waals surface area contributed by atoms with Crippen LogP contribution in [0.5, 0.6) is 5.75 Å². The van der Waals surface area contributed by atoms with Crippen molar-refractivity contribution in [3.63, 3.8) is 0 Å². The second-order valence-electron chi connectivity index (χ2n) is 4.99. The van der Waals surface area contributed by atoms with E-state index >= 15 is 0 Å². The third-order valence-electron chi connectivity index (χ3n) is 3.58. The van der Waals surface area contributed by atoms with E-state index in [4.69, 9.17) is 15.6 Å². The summed E-state index contributed by atoms with van der Waals surface area (Å²) in [7, 11) is 0. The van der Waals surface area contributed by atoms with Crippen LogP contribution in [0.4, 0.5) is 0 Å². The van der Waals surface area contributed by atoms with Gasteiger partial charge in [0.1, 0.15) is 5.75 Å². The molecule has 0 aromatic heterocycles. The minimum atomic E-state index is 0.208. The molecule has 1 aromatic carbocycles. The van der Waals surface area contributed by atoms with Crippen LogP contribution < -0.4 is 15.8 Å². The highest BCUT2D eigenvalue weighted by atomic mass is 16.5. The maximum absolute atomic E-state index is 8.74. The van der Waals surface area contributed by atoms with Crippen LogP contribution in [0.25, 0.3) is 0 Å². The molecule has 4 N–H and O–H groups in total. The number of fused-ring (bicyclic) bond motifs is 1. The van der Waals surface area contributed by atoms with Crippen LogP contribution >= 0.6 is 0 Å². The fourth-order valence-electron chi connectivity index (χ4n) is 2.45. The van der Waals surface area contributed by atoms with E-state index in [1.54, 1.807) is 0 Å². The van der Waals surface area contributed by atoms with Gasteiger partial charge in [-0.3, -0.25) is 0 Å². The van der Waals surface area contributed by atoms with Gasteiger partial charge in [-0.15, -0.1) is 0 Å². The van der Waals surface area contributed by atoms with Crippen molar-refractivity contribution in [1.29, 1.82) is 0 Å². The molecule has 1 atom stereocenters. The van der Waals surface area contributed by atoms with Crippen LogP contribution in [0.15, 0.2) is 18.2 Å². The zero-order chi connectivity index (χ0) is 13.5. The molecule has 0 bridgehead atoms. The number of nitrogens with one attached hydrogen (secondary N) is 1. The van der Waals surface area contributed by atoms with Crippen molar-refractivity contribution in [2.24, 2.45) is 5.73 Å². The number of hydrogen-bond donors (Lipinski definition) is 3. The summed E-state index contributed by atoms with van der Waals surface area (Å²) in [5, 5.41) is 12.2. The summed E-state index contributed by atoms with van der Waals surface area (Å²) in [5.41, 5.74) is 8.39. The molecule has 1 aromatic rings. The minimum absolute atomic E-state index is 0.208. The first-order valence-electron chi connectivity index (χ1n) is 7.15. The van der Waals surface area contributed by atoms with Gasteiger partial charge in [-0.2, -0.15) is 0 Å². The zero-order valence-corrected chi connectivity index (χ0v) is 11.4. The smallest absolute Gasteiger partial charge is 0.122 e. The predicted molar refractivity (Wildman–Crippen MR) is 76.4 cm³/mol. The molecule has 1 unspecified atom stereocenters. The molecule has 1 aliphatic rings. The zero-order valence-electron chi connectivity index (χ0n) is 11.4. The Morgan fingerprint density at radius 1 is 1.32 bits per heavy atom. The molecule has 106 valence electrons. The Morgan fingerprint density at radius 3 is 3.00 bits per heavy atom. The maximum Gasteiger partial charge on any atom is 0.122 e. The predicted octanol–water partition coefficient (Wildman–Crippen LogP) is 1.37. The van der Waals surface area contributed by atoms with E-state index < -0.39 is 0 Å². The Kier molecular flexibility index (Phi) is 5.63. The molecule has 19 heavy (non-hydrogen) atoms. The molecular formula is C15H24N2O2. The van der Waals surface area contributed by atoms with Crippen molar-refractivity contribution < 1.29 is 9.84 Å². The summed E-state index contributed by atoms with van der Waals surface area (Å²) >= 11 is 0. The van der Waals surface area contributed by atoms with Crippen LogP contribution in [-0.2, 0) is 6.42 Å². The molecule has 4 heteroatoms. The Balaban J connectivity index is 1.86. The van der Waals surface area contributed by atoms with E-state index in [1.807, 2.05) is 6.07 Å². The number of aliphatic hydroxyl groups is 1. The molecule has 0 aliphatic carbocycles. The van der Waals surface area contributed by atoms with Crippen LogP contribution in [-0.4, -0.2) is 31.4 Å². The lowest BCUT2D eigenvalue weighted by Crippen LogP contribution is -2.29. The first-order valence-corrected chi connectivity index (χ1v) is 7.15. The molecule has 1 aliphatic heterocycles. The Labute approximate surface area is 115 Å². The van der Waals surface area contributed by atoms with E-state index in [-0.39, 0.29) is 12.6 Å². The molecule has 0 saturated carbocycles. The first kappa shape index (κ1) is 14.3. The van der Waals surface area contributed by atoms with Crippen molar-refractivity contribution in [2.45, 2.75) is 31.7 Å². The summed E-state index contributed by atoms with van der Waals surface area (Å²) in [4.78, 5) is 0. The number of hydrogen-bond acceptors (Lipinski definition) is 4. The van der Waals surface area contributed by atoms with Gasteiger partial charge in [0, 0.05) is 25.6 Å². The molecule has 1 heterocycles. The average Bonchev–Trinajstić information content (AvgIpc) is 2.90. The highest BCUT2D eigenvalue weighted by Crippen LogP contribution is 2.27. The Hall–Kier alpha value is -1.10. The van der Waals surface area contributed by atoms with Crippen molar-refractivity contribution in [3.8, 4) is 5.75 Å². The molecule has 0 amide bonds. The topological polar surface area (TPSA) is 67.5 Å². The third-order valence-corrected chi connectivity index (χ3v) is 3.58. The van der Waals surface area contributed by atoms with E-state index in [0.717, 1.165) is 44.6 Å². The normalized spacial score (nSPS) is 15.1. The number of rotatable bonds is 8. The summed E-state index contributed by atoms with van der Waals surface area (Å²) in [6, 6.07) is 6.57. The van der Waals surface area contributed by atoms with Crippen LogP contribution in [0.1, 0.15) is 36.4 Å². The van der Waals surface area contributed by atoms with Gasteiger partial charge >= 0.3 is 0 Å².